The van der Waals surface area contributed by atoms with Crippen LogP contribution in [0, 0.1) is 13.8 Å². The van der Waals surface area contributed by atoms with Crippen molar-refractivity contribution in [3.05, 3.63) is 136 Å². The maximum Gasteiger partial charge on any atom is 0.417 e. The number of nitrogens with zero attached hydrogens (tertiary/aromatic N) is 4. The van der Waals surface area contributed by atoms with Gasteiger partial charge in [-0.1, -0.05) is 144 Å². The Balaban J connectivity index is 1.26. The van der Waals surface area contributed by atoms with Gasteiger partial charge >= 0.3 is 5.79 Å². The summed E-state index contributed by atoms with van der Waals surface area (Å²) in [6, 6.07) is 34.4. The number of hydrogen-bond acceptors (Lipinski definition) is 2. The van der Waals surface area contributed by atoms with Gasteiger partial charge in [0.05, 0.1) is 11.5 Å². The van der Waals surface area contributed by atoms with E-state index in [4.69, 9.17) is 4.99 Å². The van der Waals surface area contributed by atoms with Gasteiger partial charge in [0.25, 0.3) is 6.34 Å². The quantitative estimate of drug-likeness (QED) is 0.167. The summed E-state index contributed by atoms with van der Waals surface area (Å²) >= 11 is 0. The van der Waals surface area contributed by atoms with E-state index in [2.05, 4.69) is 166 Å². The molecule has 0 radical (unpaired) electrons. The fourth-order valence-corrected chi connectivity index (χ4v) is 12.6. The van der Waals surface area contributed by atoms with Gasteiger partial charge in [0, 0.05) is 36.1 Å². The molecule has 0 amide bonds. The summed E-state index contributed by atoms with van der Waals surface area (Å²) in [6.07, 6.45) is 20.2. The molecule has 0 bridgehead atoms. The molecule has 59 heavy (non-hydrogen) atoms. The maximum atomic E-state index is 5.84. The van der Waals surface area contributed by atoms with Gasteiger partial charge in [-0.25, -0.2) is 0 Å². The average Bonchev–Trinajstić information content (AvgIpc) is 3.67. The molecule has 3 aliphatic carbocycles. The van der Waals surface area contributed by atoms with Crippen molar-refractivity contribution in [1.82, 2.24) is 4.90 Å². The van der Waals surface area contributed by atoms with Crippen LogP contribution in [0.15, 0.2) is 96.1 Å². The molecule has 11 rings (SSSR count). The van der Waals surface area contributed by atoms with Gasteiger partial charge in [-0.3, -0.25) is 4.90 Å². The van der Waals surface area contributed by atoms with Crippen LogP contribution in [-0.2, 0) is 16.6 Å². The van der Waals surface area contributed by atoms with Gasteiger partial charge < -0.3 is 0 Å². The lowest BCUT2D eigenvalue weighted by molar-refractivity contribution is -0.840. The van der Waals surface area contributed by atoms with Crippen LogP contribution in [0.4, 0.5) is 0 Å². The summed E-state index contributed by atoms with van der Waals surface area (Å²) in [5.41, 5.74) is 14.0. The van der Waals surface area contributed by atoms with Crippen molar-refractivity contribution in [2.24, 2.45) is 4.99 Å². The second-order valence-electron chi connectivity index (χ2n) is 20.6. The summed E-state index contributed by atoms with van der Waals surface area (Å²) in [5, 5.41) is 5.47. The summed E-state index contributed by atoms with van der Waals surface area (Å²) in [6.45, 7) is 16.5. The molecule has 3 heterocycles. The standard InChI is InChI=1S/C55H62N4/c1-35-29-38-23-26-45-49-51-48-44-27-25-41(53(3,4)5)31-39(44)24-28-47(48)55(59(51)34-56-52(49)54(6,7)50(45)46(38)30-36(35)2)57(42-19-13-9-14-20-42)32-40(37-17-11-8-12-18-37)33-58(55)43-21-15-10-16-22-43/h8,11-12,17-18,23-34,42-43,49,52H,9-10,13-16,19-22H2,1-7H3/q+2. The van der Waals surface area contributed by atoms with Crippen molar-refractivity contribution >= 4 is 45.4 Å². The molecule has 3 atom stereocenters. The average molecular weight is 779 g/mol. The maximum absolute atomic E-state index is 5.84. The molecule has 5 aromatic carbocycles. The zero-order valence-electron chi connectivity index (χ0n) is 36.5. The van der Waals surface area contributed by atoms with Gasteiger partial charge in [-0.2, -0.15) is 4.58 Å². The van der Waals surface area contributed by atoms with Crippen molar-refractivity contribution in [2.45, 2.75) is 153 Å². The van der Waals surface area contributed by atoms with Gasteiger partial charge in [-0.05, 0) is 106 Å². The van der Waals surface area contributed by atoms with Crippen LogP contribution >= 0.6 is 0 Å². The van der Waals surface area contributed by atoms with Gasteiger partial charge in [-0.15, -0.1) is 4.58 Å². The van der Waals surface area contributed by atoms with Crippen molar-refractivity contribution in [3.8, 4) is 0 Å². The molecule has 4 heteroatoms. The highest BCUT2D eigenvalue weighted by molar-refractivity contribution is 6.17. The fourth-order valence-electron chi connectivity index (χ4n) is 12.6. The second kappa shape index (κ2) is 13.3. The Kier molecular flexibility index (Phi) is 8.41. The molecule has 0 aromatic heterocycles. The topological polar surface area (TPSA) is 21.6 Å². The molecule has 0 N–H and O–H groups in total. The largest absolute Gasteiger partial charge is 0.417 e. The first-order valence-electron chi connectivity index (χ1n) is 23.0. The predicted octanol–water partition coefficient (Wildman–Crippen LogP) is 12.4. The first-order chi connectivity index (χ1) is 28.5. The van der Waals surface area contributed by atoms with E-state index in [9.17, 15) is 0 Å². The highest BCUT2D eigenvalue weighted by atomic mass is 15.5. The lowest BCUT2D eigenvalue weighted by Gasteiger charge is -2.46. The van der Waals surface area contributed by atoms with Crippen LogP contribution in [-0.4, -0.2) is 50.4 Å². The van der Waals surface area contributed by atoms with E-state index in [0.29, 0.717) is 12.1 Å². The molecule has 2 fully saturated rings. The first kappa shape index (κ1) is 37.2. The highest BCUT2D eigenvalue weighted by Crippen LogP contribution is 2.57. The normalized spacial score (nSPS) is 25.3. The monoisotopic (exact) mass is 778 g/mol. The second-order valence-corrected chi connectivity index (χ2v) is 20.6. The minimum absolute atomic E-state index is 0.0642. The van der Waals surface area contributed by atoms with Crippen molar-refractivity contribution < 1.29 is 9.15 Å². The van der Waals surface area contributed by atoms with Crippen LogP contribution in [0.1, 0.15) is 149 Å². The molecule has 3 aliphatic heterocycles. The number of benzene rings is 5. The van der Waals surface area contributed by atoms with E-state index >= 15 is 0 Å². The van der Waals surface area contributed by atoms with Crippen LogP contribution in [0.3, 0.4) is 0 Å². The lowest BCUT2D eigenvalue weighted by Crippen LogP contribution is -2.65. The predicted molar refractivity (Wildman–Crippen MR) is 246 cm³/mol. The molecular weight excluding hydrogens is 717 g/mol. The summed E-state index contributed by atoms with van der Waals surface area (Å²) in [7, 11) is 0. The third-order valence-electron chi connectivity index (χ3n) is 15.8. The molecule has 0 saturated heterocycles. The number of rotatable bonds is 3. The number of fused-ring (bicyclic) bond motifs is 12. The zero-order chi connectivity index (χ0) is 40.4. The van der Waals surface area contributed by atoms with Crippen molar-refractivity contribution in [1.29, 1.82) is 0 Å². The lowest BCUT2D eigenvalue weighted by atomic mass is 9.77. The van der Waals surface area contributed by atoms with Crippen LogP contribution in [0.25, 0.3) is 27.1 Å². The molecule has 6 aliphatic rings. The third kappa shape index (κ3) is 5.36. The minimum Gasteiger partial charge on any atom is -0.272 e. The van der Waals surface area contributed by atoms with Crippen LogP contribution < -0.4 is 0 Å². The van der Waals surface area contributed by atoms with Crippen molar-refractivity contribution in [2.75, 3.05) is 0 Å². The molecule has 300 valence electrons. The fraction of sp³-hybridized carbons (Fsp3) is 0.436. The third-order valence-corrected chi connectivity index (χ3v) is 15.8. The summed E-state index contributed by atoms with van der Waals surface area (Å²) in [4.78, 5) is 8.73. The number of aryl methyl sites for hydroxylation is 2. The van der Waals surface area contributed by atoms with E-state index < -0.39 is 5.79 Å². The zero-order valence-corrected chi connectivity index (χ0v) is 36.5. The van der Waals surface area contributed by atoms with Gasteiger partial charge in [0.15, 0.2) is 18.3 Å². The summed E-state index contributed by atoms with van der Waals surface area (Å²) < 4.78 is 5.65. The van der Waals surface area contributed by atoms with Crippen molar-refractivity contribution in [3.63, 3.8) is 0 Å². The van der Waals surface area contributed by atoms with E-state index in [-0.39, 0.29) is 22.8 Å². The van der Waals surface area contributed by atoms with Crippen LogP contribution in [0.2, 0.25) is 0 Å². The molecular formula is C55H62N4+2. The first-order valence-corrected chi connectivity index (χ1v) is 23.0. The smallest absolute Gasteiger partial charge is 0.272 e. The van der Waals surface area contributed by atoms with Crippen LogP contribution in [0.5, 0.6) is 0 Å². The number of aliphatic imine (C=N–C) groups is 1. The Morgan fingerprint density at radius 1 is 0.729 bits per heavy atom. The molecule has 1 spiro atoms. The van der Waals surface area contributed by atoms with Gasteiger partial charge in [0.2, 0.25) is 0 Å². The van der Waals surface area contributed by atoms with E-state index in [0.717, 1.165) is 0 Å². The minimum atomic E-state index is -0.574. The Labute approximate surface area is 352 Å². The molecule has 3 unspecified atom stereocenters. The Hall–Kier alpha value is -4.83. The van der Waals surface area contributed by atoms with E-state index in [1.807, 2.05) is 0 Å². The van der Waals surface area contributed by atoms with Gasteiger partial charge in [0.1, 0.15) is 11.3 Å². The Bertz CT molecular complexity index is 2670. The molecule has 2 saturated carbocycles. The van der Waals surface area contributed by atoms with E-state index in [1.54, 1.807) is 0 Å². The van der Waals surface area contributed by atoms with E-state index in [1.165, 1.54) is 142 Å². The number of hydrogen-bond donors (Lipinski definition) is 0. The highest BCUT2D eigenvalue weighted by Gasteiger charge is 2.70. The Morgan fingerprint density at radius 3 is 2.17 bits per heavy atom. The number of allylic oxidation sites excluding steroid dienone is 1. The molecule has 5 aromatic rings. The molecule has 4 nitrogen and oxygen atoms in total. The Morgan fingerprint density at radius 2 is 1.42 bits per heavy atom. The summed E-state index contributed by atoms with van der Waals surface area (Å²) in [5.74, 6) is -0.446. The SMILES string of the molecule is Cc1cc2ccc3c(c2cc1C)C(C)(C)C1N=C[N+]2=C(c4c(ccc5cc(C(C)(C)C)ccc45)C24N(C2CCCCC2)C=C(c2ccccc2)C=[N+]4C2CCCCC2)C31.